The highest BCUT2D eigenvalue weighted by atomic mass is 127. The number of halogens is 1. The number of benzene rings is 1. The molecule has 1 atom stereocenters. The monoisotopic (exact) mass is 455 g/mol. The van der Waals surface area contributed by atoms with Crippen LogP contribution in [0.4, 0.5) is 0 Å². The molecule has 0 unspecified atom stereocenters. The van der Waals surface area contributed by atoms with Gasteiger partial charge in [-0.15, -0.1) is 24.0 Å². The van der Waals surface area contributed by atoms with Crippen molar-refractivity contribution in [2.24, 2.45) is 4.99 Å². The van der Waals surface area contributed by atoms with Crippen LogP contribution in [-0.4, -0.2) is 58.0 Å². The van der Waals surface area contributed by atoms with Crippen LogP contribution in [0.3, 0.4) is 0 Å². The van der Waals surface area contributed by atoms with Crippen molar-refractivity contribution in [2.75, 3.05) is 26.2 Å². The number of likely N-dealkylation sites (tertiary alicyclic amines) is 1. The SMILES string of the molecule is CCNC(=NCCc1ccc(-n2cccn2)cc1)N1CC[C@@H](O)C1.I. The van der Waals surface area contributed by atoms with Crippen molar-refractivity contribution in [3.8, 4) is 5.69 Å². The maximum absolute atomic E-state index is 9.69. The van der Waals surface area contributed by atoms with Gasteiger partial charge in [0.25, 0.3) is 0 Å². The lowest BCUT2D eigenvalue weighted by Gasteiger charge is -2.20. The summed E-state index contributed by atoms with van der Waals surface area (Å²) in [7, 11) is 0. The number of nitrogens with zero attached hydrogens (tertiary/aromatic N) is 4. The predicted molar refractivity (Wildman–Crippen MR) is 111 cm³/mol. The number of nitrogens with one attached hydrogen (secondary N) is 1. The second-order valence-corrected chi connectivity index (χ2v) is 5.99. The molecule has 1 aromatic heterocycles. The summed E-state index contributed by atoms with van der Waals surface area (Å²) in [6.07, 6.45) is 5.19. The van der Waals surface area contributed by atoms with Gasteiger partial charge in [-0.25, -0.2) is 4.68 Å². The molecule has 0 saturated carbocycles. The van der Waals surface area contributed by atoms with Crippen LogP contribution >= 0.6 is 24.0 Å². The second-order valence-electron chi connectivity index (χ2n) is 5.99. The Labute approximate surface area is 166 Å². The number of hydrogen-bond acceptors (Lipinski definition) is 3. The van der Waals surface area contributed by atoms with Crippen molar-refractivity contribution in [3.05, 3.63) is 48.3 Å². The molecule has 0 aliphatic carbocycles. The number of aliphatic hydroxyl groups excluding tert-OH is 1. The largest absolute Gasteiger partial charge is 0.391 e. The summed E-state index contributed by atoms with van der Waals surface area (Å²) < 4.78 is 1.85. The number of rotatable bonds is 5. The molecule has 0 spiro atoms. The van der Waals surface area contributed by atoms with Gasteiger partial charge in [0.2, 0.25) is 0 Å². The number of β-amino-alcohol motifs (C(OH)–C–C–N with tert-alkyl or cyclic N) is 1. The summed E-state index contributed by atoms with van der Waals surface area (Å²) in [6, 6.07) is 10.3. The fraction of sp³-hybridized carbons (Fsp3) is 0.444. The first-order valence-corrected chi connectivity index (χ1v) is 8.56. The van der Waals surface area contributed by atoms with Crippen LogP contribution in [0.1, 0.15) is 18.9 Å². The van der Waals surface area contributed by atoms with Crippen LogP contribution in [0.25, 0.3) is 5.69 Å². The van der Waals surface area contributed by atoms with Gasteiger partial charge in [0.15, 0.2) is 5.96 Å². The van der Waals surface area contributed by atoms with E-state index in [9.17, 15) is 5.11 Å². The average Bonchev–Trinajstić information content (AvgIpc) is 3.26. The standard InChI is InChI=1S/C18H25N5O.HI/c1-2-19-18(22-13-9-17(24)14-22)20-11-8-15-4-6-16(7-5-15)23-12-3-10-21-23;/h3-7,10,12,17,24H,2,8-9,11,13-14H2,1H3,(H,19,20);1H/t17-;/m1./s1. The minimum atomic E-state index is -0.233. The second kappa shape index (κ2) is 9.76. The molecule has 6 nitrogen and oxygen atoms in total. The van der Waals surface area contributed by atoms with Gasteiger partial charge in [-0.1, -0.05) is 12.1 Å². The van der Waals surface area contributed by atoms with Gasteiger partial charge in [0.05, 0.1) is 11.8 Å². The van der Waals surface area contributed by atoms with Crippen LogP contribution in [0, 0.1) is 0 Å². The van der Waals surface area contributed by atoms with Gasteiger partial charge in [0.1, 0.15) is 0 Å². The van der Waals surface area contributed by atoms with Crippen LogP contribution in [-0.2, 0) is 6.42 Å². The van der Waals surface area contributed by atoms with Crippen molar-refractivity contribution >= 4 is 29.9 Å². The summed E-state index contributed by atoms with van der Waals surface area (Å²) in [5.74, 6) is 0.905. The van der Waals surface area contributed by atoms with E-state index in [1.807, 2.05) is 16.9 Å². The minimum absolute atomic E-state index is 0. The first-order chi connectivity index (χ1) is 11.8. The zero-order chi connectivity index (χ0) is 16.8. The van der Waals surface area contributed by atoms with E-state index in [2.05, 4.69) is 46.5 Å². The summed E-state index contributed by atoms with van der Waals surface area (Å²) in [5.41, 5.74) is 2.32. The molecule has 3 rings (SSSR count). The van der Waals surface area contributed by atoms with E-state index < -0.39 is 0 Å². The van der Waals surface area contributed by atoms with E-state index in [0.717, 1.165) is 44.1 Å². The number of aliphatic imine (C=N–C) groups is 1. The lowest BCUT2D eigenvalue weighted by molar-refractivity contribution is 0.188. The maximum atomic E-state index is 9.69. The van der Waals surface area contributed by atoms with Gasteiger partial charge >= 0.3 is 0 Å². The highest BCUT2D eigenvalue weighted by molar-refractivity contribution is 14.0. The van der Waals surface area contributed by atoms with E-state index in [0.29, 0.717) is 6.54 Å². The molecular formula is C18H26IN5O. The molecule has 1 aromatic carbocycles. The van der Waals surface area contributed by atoms with Crippen molar-refractivity contribution in [1.82, 2.24) is 20.0 Å². The van der Waals surface area contributed by atoms with Crippen molar-refractivity contribution in [1.29, 1.82) is 0 Å². The zero-order valence-corrected chi connectivity index (χ0v) is 16.8. The lowest BCUT2D eigenvalue weighted by atomic mass is 10.1. The van der Waals surface area contributed by atoms with E-state index in [4.69, 9.17) is 4.99 Å². The first-order valence-electron chi connectivity index (χ1n) is 8.56. The average molecular weight is 455 g/mol. The molecule has 0 amide bonds. The molecule has 2 aromatic rings. The molecule has 1 fully saturated rings. The fourth-order valence-electron chi connectivity index (χ4n) is 2.89. The third-order valence-electron chi connectivity index (χ3n) is 4.17. The van der Waals surface area contributed by atoms with Crippen LogP contribution in [0.15, 0.2) is 47.7 Å². The first kappa shape index (κ1) is 19.7. The number of aromatic nitrogens is 2. The molecule has 2 N–H and O–H groups in total. The van der Waals surface area contributed by atoms with E-state index in [1.54, 1.807) is 6.20 Å². The summed E-state index contributed by atoms with van der Waals surface area (Å²) in [6.45, 7) is 5.17. The molecule has 136 valence electrons. The van der Waals surface area contributed by atoms with Gasteiger partial charge in [0, 0.05) is 38.6 Å². The molecule has 0 bridgehead atoms. The molecule has 1 saturated heterocycles. The molecule has 2 heterocycles. The summed E-state index contributed by atoms with van der Waals surface area (Å²) in [5, 5.41) is 17.2. The fourth-order valence-corrected chi connectivity index (χ4v) is 2.89. The number of hydrogen-bond donors (Lipinski definition) is 2. The third kappa shape index (κ3) is 5.43. The normalized spacial score (nSPS) is 17.4. The van der Waals surface area contributed by atoms with Crippen LogP contribution in [0.5, 0.6) is 0 Å². The Bertz CT molecular complexity index is 657. The van der Waals surface area contributed by atoms with Gasteiger partial charge in [-0.05, 0) is 43.5 Å². The Morgan fingerprint density at radius 2 is 2.16 bits per heavy atom. The molecule has 25 heavy (non-hydrogen) atoms. The zero-order valence-electron chi connectivity index (χ0n) is 14.5. The predicted octanol–water partition coefficient (Wildman–Crippen LogP) is 2.06. The van der Waals surface area contributed by atoms with Crippen molar-refractivity contribution in [3.63, 3.8) is 0 Å². The Morgan fingerprint density at radius 1 is 1.36 bits per heavy atom. The third-order valence-corrected chi connectivity index (χ3v) is 4.17. The van der Waals surface area contributed by atoms with Crippen molar-refractivity contribution in [2.45, 2.75) is 25.9 Å². The minimum Gasteiger partial charge on any atom is -0.391 e. The maximum Gasteiger partial charge on any atom is 0.194 e. The number of aliphatic hydroxyl groups is 1. The summed E-state index contributed by atoms with van der Waals surface area (Å²) in [4.78, 5) is 6.83. The van der Waals surface area contributed by atoms with Gasteiger partial charge < -0.3 is 15.3 Å². The Balaban J connectivity index is 0.00000225. The van der Waals surface area contributed by atoms with E-state index in [1.165, 1.54) is 5.56 Å². The van der Waals surface area contributed by atoms with Crippen molar-refractivity contribution < 1.29 is 5.11 Å². The lowest BCUT2D eigenvalue weighted by Crippen LogP contribution is -2.40. The molecular weight excluding hydrogens is 429 g/mol. The molecule has 1 aliphatic heterocycles. The van der Waals surface area contributed by atoms with Crippen LogP contribution in [0.2, 0.25) is 0 Å². The van der Waals surface area contributed by atoms with Crippen LogP contribution < -0.4 is 5.32 Å². The number of guanidine groups is 1. The highest BCUT2D eigenvalue weighted by Crippen LogP contribution is 2.11. The Hall–Kier alpha value is -1.61. The Kier molecular flexibility index (Phi) is 7.70. The van der Waals surface area contributed by atoms with E-state index in [-0.39, 0.29) is 30.1 Å². The molecule has 1 aliphatic rings. The van der Waals surface area contributed by atoms with Gasteiger partial charge in [-0.3, -0.25) is 4.99 Å². The molecule has 0 radical (unpaired) electrons. The summed E-state index contributed by atoms with van der Waals surface area (Å²) >= 11 is 0. The van der Waals surface area contributed by atoms with E-state index >= 15 is 0 Å². The highest BCUT2D eigenvalue weighted by Gasteiger charge is 2.22. The Morgan fingerprint density at radius 3 is 2.76 bits per heavy atom. The van der Waals surface area contributed by atoms with Gasteiger partial charge in [-0.2, -0.15) is 5.10 Å². The quantitative estimate of drug-likeness (QED) is 0.412. The topological polar surface area (TPSA) is 65.7 Å². The smallest absolute Gasteiger partial charge is 0.194 e. The molecule has 7 heteroatoms.